The molecule has 1 atom stereocenters. The average Bonchev–Trinajstić information content (AvgIpc) is 3.15. The van der Waals surface area contributed by atoms with Crippen molar-refractivity contribution < 1.29 is 9.59 Å². The van der Waals surface area contributed by atoms with Gasteiger partial charge < -0.3 is 10.6 Å². The van der Waals surface area contributed by atoms with Gasteiger partial charge in [-0.2, -0.15) is 0 Å². The topological polar surface area (TPSA) is 76.3 Å². The number of nitrogens with two attached hydrogens (primary N) is 1. The molecule has 0 spiro atoms. The van der Waals surface area contributed by atoms with Crippen molar-refractivity contribution in [3.63, 3.8) is 0 Å². The van der Waals surface area contributed by atoms with Crippen molar-refractivity contribution in [2.75, 3.05) is 13.1 Å². The number of amides is 2. The fraction of sp³-hybridized carbons (Fsp3) is 0.316. The summed E-state index contributed by atoms with van der Waals surface area (Å²) in [5.41, 5.74) is 8.25. The monoisotopic (exact) mass is 323 g/mol. The van der Waals surface area contributed by atoms with Gasteiger partial charge in [0.05, 0.1) is 5.56 Å². The fourth-order valence-corrected chi connectivity index (χ4v) is 3.17. The Balaban J connectivity index is 1.95. The molecule has 2 amide bonds. The molecular weight excluding hydrogens is 302 g/mol. The summed E-state index contributed by atoms with van der Waals surface area (Å²) in [6.07, 6.45) is 5.30. The number of nitrogens with zero attached hydrogens (tertiary/aromatic N) is 2. The van der Waals surface area contributed by atoms with E-state index >= 15 is 0 Å². The van der Waals surface area contributed by atoms with Gasteiger partial charge >= 0.3 is 0 Å². The first-order valence-corrected chi connectivity index (χ1v) is 8.21. The van der Waals surface area contributed by atoms with Crippen LogP contribution in [-0.2, 0) is 0 Å². The molecule has 5 nitrogen and oxygen atoms in total. The zero-order valence-corrected chi connectivity index (χ0v) is 13.7. The van der Waals surface area contributed by atoms with Crippen LogP contribution in [0.3, 0.4) is 0 Å². The molecule has 1 unspecified atom stereocenters. The fourth-order valence-electron chi connectivity index (χ4n) is 3.17. The summed E-state index contributed by atoms with van der Waals surface area (Å²) in [6.45, 7) is 3.65. The second-order valence-electron chi connectivity index (χ2n) is 6.18. The minimum absolute atomic E-state index is 0.0560. The first kappa shape index (κ1) is 16.2. The number of carbonyl (C=O) groups excluding carboxylic acids is 2. The molecule has 1 aliphatic heterocycles. The Hall–Kier alpha value is -2.69. The van der Waals surface area contributed by atoms with Crippen molar-refractivity contribution in [3.8, 4) is 0 Å². The molecule has 5 heteroatoms. The highest BCUT2D eigenvalue weighted by atomic mass is 16.2. The molecule has 1 aromatic carbocycles. The zero-order valence-electron chi connectivity index (χ0n) is 13.7. The molecule has 124 valence electrons. The third kappa shape index (κ3) is 3.15. The van der Waals surface area contributed by atoms with Crippen LogP contribution in [0.4, 0.5) is 0 Å². The van der Waals surface area contributed by atoms with Crippen LogP contribution < -0.4 is 5.73 Å². The molecule has 1 fully saturated rings. The lowest BCUT2D eigenvalue weighted by atomic mass is 9.89. The minimum atomic E-state index is -0.502. The summed E-state index contributed by atoms with van der Waals surface area (Å²) < 4.78 is 0. The van der Waals surface area contributed by atoms with Crippen molar-refractivity contribution in [3.05, 3.63) is 65.0 Å². The summed E-state index contributed by atoms with van der Waals surface area (Å²) in [6, 6.07) is 9.40. The number of hydrogen-bond donors (Lipinski definition) is 1. The lowest BCUT2D eigenvalue weighted by Crippen LogP contribution is -2.28. The summed E-state index contributed by atoms with van der Waals surface area (Å²) in [5, 5.41) is 0. The number of primary amides is 1. The van der Waals surface area contributed by atoms with Crippen LogP contribution in [0.1, 0.15) is 57.5 Å². The molecule has 0 saturated carbocycles. The van der Waals surface area contributed by atoms with E-state index in [1.165, 1.54) is 6.20 Å². The third-order valence-electron chi connectivity index (χ3n) is 4.59. The van der Waals surface area contributed by atoms with Gasteiger partial charge in [-0.1, -0.05) is 25.1 Å². The van der Waals surface area contributed by atoms with Gasteiger partial charge in [-0.05, 0) is 36.1 Å². The molecule has 0 radical (unpaired) electrons. The summed E-state index contributed by atoms with van der Waals surface area (Å²) >= 11 is 0. The maximum absolute atomic E-state index is 12.8. The molecule has 2 heterocycles. The van der Waals surface area contributed by atoms with Gasteiger partial charge in [-0.15, -0.1) is 0 Å². The maximum atomic E-state index is 12.8. The number of likely N-dealkylation sites (tertiary alicyclic amines) is 1. The van der Waals surface area contributed by atoms with E-state index in [4.69, 9.17) is 5.73 Å². The Kier molecular flexibility index (Phi) is 4.60. The highest BCUT2D eigenvalue weighted by molar-refractivity contribution is 5.96. The van der Waals surface area contributed by atoms with E-state index in [1.54, 1.807) is 12.3 Å². The van der Waals surface area contributed by atoms with E-state index in [0.29, 0.717) is 5.56 Å². The number of benzene rings is 1. The standard InChI is InChI=1S/C19H21N3O2/c1-13(14-10-15(18(20)23)12-21-11-14)16-6-2-3-7-17(16)19(24)22-8-4-5-9-22/h2-3,6-7,10-13H,4-5,8-9H2,1H3,(H2,20,23). The minimum Gasteiger partial charge on any atom is -0.366 e. The predicted molar refractivity (Wildman–Crippen MR) is 91.9 cm³/mol. The Bertz CT molecular complexity index is 767. The molecule has 0 aliphatic carbocycles. The quantitative estimate of drug-likeness (QED) is 0.939. The Morgan fingerprint density at radius 1 is 1.17 bits per heavy atom. The summed E-state index contributed by atoms with van der Waals surface area (Å²) in [5.74, 6) is -0.480. The first-order valence-electron chi connectivity index (χ1n) is 8.21. The first-order chi connectivity index (χ1) is 11.6. The van der Waals surface area contributed by atoms with Gasteiger partial charge in [-0.25, -0.2) is 0 Å². The van der Waals surface area contributed by atoms with Crippen LogP contribution in [0.5, 0.6) is 0 Å². The maximum Gasteiger partial charge on any atom is 0.254 e. The van der Waals surface area contributed by atoms with Crippen molar-refractivity contribution in [2.45, 2.75) is 25.7 Å². The Labute approximate surface area is 141 Å². The molecule has 24 heavy (non-hydrogen) atoms. The van der Waals surface area contributed by atoms with Crippen molar-refractivity contribution in [1.29, 1.82) is 0 Å². The van der Waals surface area contributed by atoms with Gasteiger partial charge in [0.15, 0.2) is 0 Å². The largest absolute Gasteiger partial charge is 0.366 e. The van der Waals surface area contributed by atoms with E-state index in [9.17, 15) is 9.59 Å². The Morgan fingerprint density at radius 3 is 2.58 bits per heavy atom. The molecule has 1 saturated heterocycles. The second-order valence-corrected chi connectivity index (χ2v) is 6.18. The number of rotatable bonds is 4. The van der Waals surface area contributed by atoms with Gasteiger partial charge in [0.1, 0.15) is 0 Å². The summed E-state index contributed by atoms with van der Waals surface area (Å²) in [7, 11) is 0. The highest BCUT2D eigenvalue weighted by Gasteiger charge is 2.24. The van der Waals surface area contributed by atoms with E-state index in [1.807, 2.05) is 36.1 Å². The van der Waals surface area contributed by atoms with Crippen LogP contribution in [0, 0.1) is 0 Å². The van der Waals surface area contributed by atoms with Gasteiger partial charge in [0, 0.05) is 37.0 Å². The van der Waals surface area contributed by atoms with E-state index < -0.39 is 5.91 Å². The third-order valence-corrected chi connectivity index (χ3v) is 4.59. The summed E-state index contributed by atoms with van der Waals surface area (Å²) in [4.78, 5) is 30.2. The van der Waals surface area contributed by atoms with Crippen LogP contribution in [0.2, 0.25) is 0 Å². The predicted octanol–water partition coefficient (Wildman–Crippen LogP) is 2.57. The number of pyridine rings is 1. The van der Waals surface area contributed by atoms with Gasteiger partial charge in [-0.3, -0.25) is 14.6 Å². The van der Waals surface area contributed by atoms with Crippen LogP contribution >= 0.6 is 0 Å². The Morgan fingerprint density at radius 2 is 1.88 bits per heavy atom. The van der Waals surface area contributed by atoms with Crippen LogP contribution in [0.25, 0.3) is 0 Å². The van der Waals surface area contributed by atoms with Crippen molar-refractivity contribution >= 4 is 11.8 Å². The molecule has 3 rings (SSSR count). The molecule has 1 aromatic heterocycles. The lowest BCUT2D eigenvalue weighted by molar-refractivity contribution is 0.0791. The van der Waals surface area contributed by atoms with Crippen molar-refractivity contribution in [2.24, 2.45) is 5.73 Å². The van der Waals surface area contributed by atoms with Gasteiger partial charge in [0.25, 0.3) is 5.91 Å². The van der Waals surface area contributed by atoms with E-state index in [2.05, 4.69) is 4.98 Å². The molecule has 1 aliphatic rings. The normalized spacial score (nSPS) is 15.3. The second kappa shape index (κ2) is 6.83. The molecular formula is C19H21N3O2. The molecule has 2 N–H and O–H groups in total. The SMILES string of the molecule is CC(c1cncc(C(N)=O)c1)c1ccccc1C(=O)N1CCCC1. The smallest absolute Gasteiger partial charge is 0.254 e. The van der Waals surface area contributed by atoms with Crippen LogP contribution in [0.15, 0.2) is 42.7 Å². The lowest BCUT2D eigenvalue weighted by Gasteiger charge is -2.21. The van der Waals surface area contributed by atoms with Gasteiger partial charge in [0.2, 0.25) is 5.91 Å². The molecule has 0 bridgehead atoms. The number of aromatic nitrogens is 1. The van der Waals surface area contributed by atoms with E-state index in [-0.39, 0.29) is 11.8 Å². The molecule has 2 aromatic rings. The highest BCUT2D eigenvalue weighted by Crippen LogP contribution is 2.28. The van der Waals surface area contributed by atoms with Crippen molar-refractivity contribution in [1.82, 2.24) is 9.88 Å². The zero-order chi connectivity index (χ0) is 17.1. The van der Waals surface area contributed by atoms with E-state index in [0.717, 1.165) is 42.6 Å². The average molecular weight is 323 g/mol. The van der Waals surface area contributed by atoms with Crippen LogP contribution in [-0.4, -0.2) is 34.8 Å². The number of hydrogen-bond acceptors (Lipinski definition) is 3. The number of carbonyl (C=O) groups is 2.